The van der Waals surface area contributed by atoms with Gasteiger partial charge in [0.05, 0.1) is 0 Å². The van der Waals surface area contributed by atoms with Gasteiger partial charge in [-0.1, -0.05) is 0 Å². The summed E-state index contributed by atoms with van der Waals surface area (Å²) in [5, 5.41) is 22.0. The van der Waals surface area contributed by atoms with Crippen molar-refractivity contribution in [2.75, 3.05) is 0 Å². The quantitative estimate of drug-likeness (QED) is 0.284. The van der Waals surface area contributed by atoms with Gasteiger partial charge in [-0.2, -0.15) is 12.6 Å². The van der Waals surface area contributed by atoms with E-state index in [9.17, 15) is 4.79 Å². The maximum atomic E-state index is 10.2. The molecule has 4 N–H and O–H groups in total. The standard InChI is InChI=1S/C5H11NO2S.HNO3/c1-5(2,9)3(6)4(7)8;2-1(3)4/h3,9H,6H2,1-2H3,(H,7,8);(H,2,3,4)/t3-;/m0./s1. The van der Waals surface area contributed by atoms with E-state index in [0.717, 1.165) is 0 Å². The zero-order valence-electron chi connectivity index (χ0n) is 7.17. The number of aliphatic carboxylic acids is 1. The molecule has 0 heterocycles. The topological polar surface area (TPSA) is 127 Å². The maximum Gasteiger partial charge on any atom is 0.321 e. The molecule has 0 radical (unpaired) electrons. The fourth-order valence-corrected chi connectivity index (χ4v) is 0.413. The molecule has 13 heavy (non-hydrogen) atoms. The third kappa shape index (κ3) is 11.0. The summed E-state index contributed by atoms with van der Waals surface area (Å²) in [6.45, 7) is 3.32. The van der Waals surface area contributed by atoms with Gasteiger partial charge in [-0.05, 0) is 13.8 Å². The summed E-state index contributed by atoms with van der Waals surface area (Å²) >= 11 is 3.98. The Morgan fingerprint density at radius 3 is 1.92 bits per heavy atom. The molecule has 0 rings (SSSR count). The van der Waals surface area contributed by atoms with Crippen LogP contribution >= 0.6 is 12.6 Å². The van der Waals surface area contributed by atoms with Gasteiger partial charge < -0.3 is 16.0 Å². The average Bonchev–Trinajstić information content (AvgIpc) is 1.82. The molecular weight excluding hydrogens is 200 g/mol. The summed E-state index contributed by atoms with van der Waals surface area (Å²) in [7, 11) is 0. The SMILES string of the molecule is CC(C)(S)[C@@H](N)C(=O)O.O=[N+]([O-])O. The van der Waals surface area contributed by atoms with Gasteiger partial charge in [-0.25, -0.2) is 0 Å². The molecule has 0 aromatic carbocycles. The molecule has 0 aliphatic rings. The van der Waals surface area contributed by atoms with Gasteiger partial charge in [0, 0.05) is 4.75 Å². The predicted octanol–water partition coefficient (Wildman–Crippen LogP) is -0.241. The molecule has 0 aliphatic heterocycles. The van der Waals surface area contributed by atoms with Crippen LogP contribution in [0, 0.1) is 10.1 Å². The first-order chi connectivity index (χ1) is 5.59. The minimum absolute atomic E-state index is 0.647. The highest BCUT2D eigenvalue weighted by atomic mass is 32.1. The Morgan fingerprint density at radius 2 is 1.92 bits per heavy atom. The number of hydrogen-bond acceptors (Lipinski definition) is 5. The van der Waals surface area contributed by atoms with Crippen molar-refractivity contribution in [1.29, 1.82) is 0 Å². The van der Waals surface area contributed by atoms with E-state index in [1.165, 1.54) is 0 Å². The molecule has 0 saturated heterocycles. The van der Waals surface area contributed by atoms with Crippen LogP contribution in [0.15, 0.2) is 0 Å². The summed E-state index contributed by atoms with van der Waals surface area (Å²) in [5.41, 5.74) is 5.22. The highest BCUT2D eigenvalue weighted by Crippen LogP contribution is 2.15. The highest BCUT2D eigenvalue weighted by Gasteiger charge is 2.27. The van der Waals surface area contributed by atoms with Gasteiger partial charge >= 0.3 is 5.97 Å². The fourth-order valence-electron chi connectivity index (χ4n) is 0.302. The maximum absolute atomic E-state index is 10.2. The van der Waals surface area contributed by atoms with E-state index < -0.39 is 21.8 Å². The molecule has 0 aromatic rings. The van der Waals surface area contributed by atoms with Gasteiger partial charge in [0.2, 0.25) is 0 Å². The van der Waals surface area contributed by atoms with E-state index >= 15 is 0 Å². The largest absolute Gasteiger partial charge is 0.480 e. The van der Waals surface area contributed by atoms with Gasteiger partial charge in [0.1, 0.15) is 6.04 Å². The molecule has 0 spiro atoms. The molecule has 0 aliphatic carbocycles. The van der Waals surface area contributed by atoms with Crippen molar-refractivity contribution < 1.29 is 20.2 Å². The molecule has 0 aromatic heterocycles. The Kier molecular flexibility index (Phi) is 6.24. The molecule has 0 amide bonds. The lowest BCUT2D eigenvalue weighted by Gasteiger charge is -2.21. The number of rotatable bonds is 2. The molecular formula is C5H12N2O5S. The van der Waals surface area contributed by atoms with Gasteiger partial charge in [0.25, 0.3) is 5.09 Å². The van der Waals surface area contributed by atoms with Crippen LogP contribution in [0.4, 0.5) is 0 Å². The summed E-state index contributed by atoms with van der Waals surface area (Å²) in [6.07, 6.45) is 0. The van der Waals surface area contributed by atoms with E-state index in [1.54, 1.807) is 13.8 Å². The third-order valence-corrected chi connectivity index (χ3v) is 1.31. The van der Waals surface area contributed by atoms with Crippen LogP contribution < -0.4 is 5.73 Å². The Balaban J connectivity index is 0. The zero-order chi connectivity index (χ0) is 11.2. The van der Waals surface area contributed by atoms with Crippen LogP contribution in [-0.4, -0.2) is 32.2 Å². The Labute approximate surface area is 80.1 Å². The lowest BCUT2D eigenvalue weighted by molar-refractivity contribution is -0.742. The normalized spacial score (nSPS) is 12.3. The van der Waals surface area contributed by atoms with E-state index in [-0.39, 0.29) is 0 Å². The predicted molar refractivity (Wildman–Crippen MR) is 47.5 cm³/mol. The second-order valence-electron chi connectivity index (χ2n) is 2.71. The van der Waals surface area contributed by atoms with E-state index in [1.807, 2.05) is 0 Å². The number of thiol groups is 1. The third-order valence-electron chi connectivity index (χ3n) is 1.03. The lowest BCUT2D eigenvalue weighted by atomic mass is 10.1. The Hall–Kier alpha value is -1.02. The van der Waals surface area contributed by atoms with Crippen molar-refractivity contribution in [2.24, 2.45) is 5.73 Å². The number of carboxylic acids is 1. The van der Waals surface area contributed by atoms with E-state index in [2.05, 4.69) is 12.6 Å². The van der Waals surface area contributed by atoms with Crippen LogP contribution in [0.1, 0.15) is 13.8 Å². The van der Waals surface area contributed by atoms with Crippen molar-refractivity contribution in [2.45, 2.75) is 24.6 Å². The number of hydrogen-bond donors (Lipinski definition) is 4. The first-order valence-electron chi connectivity index (χ1n) is 3.13. The molecule has 0 unspecified atom stereocenters. The lowest BCUT2D eigenvalue weighted by Crippen LogP contribution is -2.45. The van der Waals surface area contributed by atoms with Crippen LogP contribution in [0.25, 0.3) is 0 Å². The van der Waals surface area contributed by atoms with E-state index in [4.69, 9.17) is 26.2 Å². The van der Waals surface area contributed by atoms with Crippen molar-refractivity contribution in [1.82, 2.24) is 0 Å². The average molecular weight is 212 g/mol. The summed E-state index contributed by atoms with van der Waals surface area (Å²) in [5.74, 6) is -1.02. The minimum atomic E-state index is -1.50. The Bertz CT molecular complexity index is 186. The smallest absolute Gasteiger partial charge is 0.321 e. The van der Waals surface area contributed by atoms with Crippen LogP contribution in [0.2, 0.25) is 0 Å². The molecule has 1 atom stereocenters. The van der Waals surface area contributed by atoms with Crippen LogP contribution in [0.3, 0.4) is 0 Å². The minimum Gasteiger partial charge on any atom is -0.480 e. The monoisotopic (exact) mass is 212 g/mol. The molecule has 8 heteroatoms. The highest BCUT2D eigenvalue weighted by molar-refractivity contribution is 7.81. The number of nitrogens with zero attached hydrogens (tertiary/aromatic N) is 1. The first kappa shape index (κ1) is 14.5. The summed E-state index contributed by atoms with van der Waals surface area (Å²) in [4.78, 5) is 18.5. The van der Waals surface area contributed by atoms with Gasteiger partial charge in [-0.3, -0.25) is 4.79 Å². The summed E-state index contributed by atoms with van der Waals surface area (Å²) < 4.78 is -0.647. The fraction of sp³-hybridized carbons (Fsp3) is 0.800. The van der Waals surface area contributed by atoms with Gasteiger partial charge in [0.15, 0.2) is 0 Å². The van der Waals surface area contributed by atoms with Crippen LogP contribution in [-0.2, 0) is 4.79 Å². The zero-order valence-corrected chi connectivity index (χ0v) is 8.06. The molecule has 7 nitrogen and oxygen atoms in total. The van der Waals surface area contributed by atoms with Crippen molar-refractivity contribution in [3.63, 3.8) is 0 Å². The van der Waals surface area contributed by atoms with Crippen LogP contribution in [0.5, 0.6) is 0 Å². The van der Waals surface area contributed by atoms with Gasteiger partial charge in [-0.15, -0.1) is 10.1 Å². The van der Waals surface area contributed by atoms with Crippen molar-refractivity contribution in [3.8, 4) is 0 Å². The second kappa shape index (κ2) is 5.60. The van der Waals surface area contributed by atoms with Crippen molar-refractivity contribution in [3.05, 3.63) is 10.1 Å². The molecule has 0 fully saturated rings. The second-order valence-corrected chi connectivity index (χ2v) is 3.86. The summed E-state index contributed by atoms with van der Waals surface area (Å²) in [6, 6.07) is -0.902. The molecule has 0 bridgehead atoms. The van der Waals surface area contributed by atoms with Crippen molar-refractivity contribution >= 4 is 18.6 Å². The molecule has 0 saturated carbocycles. The molecule has 78 valence electrons. The first-order valence-corrected chi connectivity index (χ1v) is 3.57. The number of carbonyl (C=O) groups is 1. The number of nitrogens with two attached hydrogens (primary N) is 1. The van der Waals surface area contributed by atoms with E-state index in [0.29, 0.717) is 0 Å². The Morgan fingerprint density at radius 1 is 1.69 bits per heavy atom. The number of carboxylic acid groups (broad SMARTS) is 1.